The fourth-order valence-corrected chi connectivity index (χ4v) is 3.21. The number of carboxylic acid groups (broad SMARTS) is 1. The van der Waals surface area contributed by atoms with Crippen molar-refractivity contribution in [3.8, 4) is 0 Å². The molecular weight excluding hydrogens is 331 g/mol. The third-order valence-corrected chi connectivity index (χ3v) is 4.63. The monoisotopic (exact) mass is 357 g/mol. The Morgan fingerprint density at radius 1 is 1.20 bits per heavy atom. The Hall–Kier alpha value is -1.56. The van der Waals surface area contributed by atoms with Gasteiger partial charge in [-0.25, -0.2) is 0 Å². The topological polar surface area (TPSA) is 49.3 Å². The molecule has 6 heteroatoms. The van der Waals surface area contributed by atoms with Gasteiger partial charge in [0, 0.05) is 0 Å². The molecule has 1 aliphatic carbocycles. The highest BCUT2D eigenvalue weighted by atomic mass is 19.4. The zero-order valence-electron chi connectivity index (χ0n) is 14.9. The summed E-state index contributed by atoms with van der Waals surface area (Å²) in [6.45, 7) is 5.81. The Kier molecular flexibility index (Phi) is 5.82. The molecule has 1 aromatic carbocycles. The molecule has 0 amide bonds. The van der Waals surface area contributed by atoms with Gasteiger partial charge in [-0.1, -0.05) is 39.0 Å². The lowest BCUT2D eigenvalue weighted by Crippen LogP contribution is -2.45. The summed E-state index contributed by atoms with van der Waals surface area (Å²) in [6.07, 6.45) is -1.26. The molecule has 2 atom stereocenters. The SMILES string of the molecule is CC(C)(C)CC[C@H](N[C@@H](c1ccc2c(c1)CCC2)C(F)(F)F)C(=O)O. The number of nitrogens with one attached hydrogen (secondary N) is 1. The Morgan fingerprint density at radius 3 is 2.40 bits per heavy atom. The minimum atomic E-state index is -4.55. The average molecular weight is 357 g/mol. The molecule has 0 unspecified atom stereocenters. The molecule has 0 heterocycles. The van der Waals surface area contributed by atoms with E-state index < -0.39 is 24.2 Å². The van der Waals surface area contributed by atoms with Crippen LogP contribution in [-0.4, -0.2) is 23.3 Å². The zero-order chi connectivity index (χ0) is 18.8. The lowest BCUT2D eigenvalue weighted by atomic mass is 9.88. The second-order valence-electron chi connectivity index (χ2n) is 8.01. The van der Waals surface area contributed by atoms with E-state index in [1.54, 1.807) is 12.1 Å². The van der Waals surface area contributed by atoms with Gasteiger partial charge in [0.05, 0.1) is 0 Å². The van der Waals surface area contributed by atoms with Crippen LogP contribution in [0.4, 0.5) is 13.2 Å². The average Bonchev–Trinajstić information content (AvgIpc) is 2.91. The predicted molar refractivity (Wildman–Crippen MR) is 90.5 cm³/mol. The van der Waals surface area contributed by atoms with Crippen LogP contribution in [0, 0.1) is 5.41 Å². The smallest absolute Gasteiger partial charge is 0.407 e. The number of hydrogen-bond acceptors (Lipinski definition) is 2. The molecule has 0 bridgehead atoms. The van der Waals surface area contributed by atoms with Crippen molar-refractivity contribution in [3.63, 3.8) is 0 Å². The largest absolute Gasteiger partial charge is 0.480 e. The van der Waals surface area contributed by atoms with Crippen LogP contribution in [0.1, 0.15) is 62.8 Å². The van der Waals surface area contributed by atoms with Crippen LogP contribution >= 0.6 is 0 Å². The van der Waals surface area contributed by atoms with Gasteiger partial charge in [-0.05, 0) is 54.2 Å². The summed E-state index contributed by atoms with van der Waals surface area (Å²) in [4.78, 5) is 11.5. The summed E-state index contributed by atoms with van der Waals surface area (Å²) in [5.41, 5.74) is 1.98. The fourth-order valence-electron chi connectivity index (χ4n) is 3.21. The number of halogens is 3. The molecule has 1 aromatic rings. The van der Waals surface area contributed by atoms with Gasteiger partial charge in [-0.2, -0.15) is 13.2 Å². The number of aliphatic carboxylic acids is 1. The Balaban J connectivity index is 2.23. The summed E-state index contributed by atoms with van der Waals surface area (Å²) in [7, 11) is 0. The maximum Gasteiger partial charge on any atom is 0.407 e. The number of fused-ring (bicyclic) bond motifs is 1. The van der Waals surface area contributed by atoms with E-state index in [0.717, 1.165) is 30.4 Å². The maximum atomic E-state index is 13.6. The number of alkyl halides is 3. The molecule has 0 saturated heterocycles. The van der Waals surface area contributed by atoms with E-state index in [9.17, 15) is 23.1 Å². The van der Waals surface area contributed by atoms with Gasteiger partial charge in [0.1, 0.15) is 12.1 Å². The molecule has 3 nitrogen and oxygen atoms in total. The van der Waals surface area contributed by atoms with E-state index in [1.165, 1.54) is 6.07 Å². The van der Waals surface area contributed by atoms with Gasteiger partial charge in [0.25, 0.3) is 0 Å². The van der Waals surface area contributed by atoms with E-state index in [4.69, 9.17) is 0 Å². The summed E-state index contributed by atoms with van der Waals surface area (Å²) in [5.74, 6) is -1.25. The van der Waals surface area contributed by atoms with Gasteiger partial charge in [-0.3, -0.25) is 10.1 Å². The van der Waals surface area contributed by atoms with E-state index in [1.807, 2.05) is 20.8 Å². The van der Waals surface area contributed by atoms with E-state index in [2.05, 4.69) is 5.32 Å². The van der Waals surface area contributed by atoms with E-state index in [-0.39, 0.29) is 17.4 Å². The fraction of sp³-hybridized carbons (Fsp3) is 0.632. The molecule has 0 fully saturated rings. The molecule has 140 valence electrons. The number of benzene rings is 1. The molecule has 2 rings (SSSR count). The van der Waals surface area contributed by atoms with Crippen molar-refractivity contribution in [1.29, 1.82) is 0 Å². The van der Waals surface area contributed by atoms with Crippen LogP contribution in [-0.2, 0) is 17.6 Å². The maximum absolute atomic E-state index is 13.6. The van der Waals surface area contributed by atoms with Gasteiger partial charge < -0.3 is 5.11 Å². The van der Waals surface area contributed by atoms with Crippen molar-refractivity contribution in [2.24, 2.45) is 5.41 Å². The van der Waals surface area contributed by atoms with Crippen LogP contribution in [0.15, 0.2) is 18.2 Å². The Morgan fingerprint density at radius 2 is 1.84 bits per heavy atom. The number of hydrogen-bond donors (Lipinski definition) is 2. The first-order chi connectivity index (χ1) is 11.5. The lowest BCUT2D eigenvalue weighted by molar-refractivity contribution is -0.163. The number of rotatable bonds is 6. The van der Waals surface area contributed by atoms with Crippen molar-refractivity contribution >= 4 is 5.97 Å². The van der Waals surface area contributed by atoms with Gasteiger partial charge >= 0.3 is 12.1 Å². The molecule has 2 N–H and O–H groups in total. The first kappa shape index (κ1) is 19.8. The van der Waals surface area contributed by atoms with Gasteiger partial charge in [0.15, 0.2) is 0 Å². The van der Waals surface area contributed by atoms with Crippen molar-refractivity contribution in [2.75, 3.05) is 0 Å². The van der Waals surface area contributed by atoms with Crippen LogP contribution in [0.25, 0.3) is 0 Å². The van der Waals surface area contributed by atoms with Gasteiger partial charge in [0.2, 0.25) is 0 Å². The third kappa shape index (κ3) is 5.46. The number of aryl methyl sites for hydroxylation is 2. The highest BCUT2D eigenvalue weighted by molar-refractivity contribution is 5.73. The van der Waals surface area contributed by atoms with E-state index >= 15 is 0 Å². The Labute approximate surface area is 146 Å². The summed E-state index contributed by atoms with van der Waals surface area (Å²) >= 11 is 0. The summed E-state index contributed by atoms with van der Waals surface area (Å²) in [5, 5.41) is 11.7. The van der Waals surface area contributed by atoms with Crippen LogP contribution < -0.4 is 5.32 Å². The lowest BCUT2D eigenvalue weighted by Gasteiger charge is -2.28. The predicted octanol–water partition coefficient (Wildman–Crippen LogP) is 4.65. The van der Waals surface area contributed by atoms with Crippen molar-refractivity contribution in [1.82, 2.24) is 5.32 Å². The van der Waals surface area contributed by atoms with E-state index in [0.29, 0.717) is 6.42 Å². The number of carbonyl (C=O) groups is 1. The highest BCUT2D eigenvalue weighted by Crippen LogP contribution is 2.36. The molecule has 25 heavy (non-hydrogen) atoms. The zero-order valence-corrected chi connectivity index (χ0v) is 14.9. The first-order valence-electron chi connectivity index (χ1n) is 8.64. The normalized spacial score (nSPS) is 17.2. The van der Waals surface area contributed by atoms with Gasteiger partial charge in [-0.15, -0.1) is 0 Å². The molecule has 0 aromatic heterocycles. The number of carboxylic acids is 1. The summed E-state index contributed by atoms with van der Waals surface area (Å²) in [6, 6.07) is 1.58. The molecule has 0 saturated carbocycles. The standard InChI is InChI=1S/C19H26F3NO2/c1-18(2,3)10-9-15(17(24)25)23-16(19(20,21)22)14-8-7-12-5-4-6-13(12)11-14/h7-8,11,15-16,23H,4-6,9-10H2,1-3H3,(H,24,25)/t15-,16-/m0/s1. The minimum Gasteiger partial charge on any atom is -0.480 e. The molecular formula is C19H26F3NO2. The Bertz CT molecular complexity index is 620. The van der Waals surface area contributed by atoms with Crippen LogP contribution in [0.3, 0.4) is 0 Å². The van der Waals surface area contributed by atoms with Crippen molar-refractivity contribution in [3.05, 3.63) is 34.9 Å². The quantitative estimate of drug-likeness (QED) is 0.779. The molecule has 0 aliphatic heterocycles. The first-order valence-corrected chi connectivity index (χ1v) is 8.64. The van der Waals surface area contributed by atoms with Crippen LogP contribution in [0.2, 0.25) is 0 Å². The molecule has 1 aliphatic rings. The summed E-state index contributed by atoms with van der Waals surface area (Å²) < 4.78 is 40.8. The van der Waals surface area contributed by atoms with Crippen molar-refractivity contribution < 1.29 is 23.1 Å². The second-order valence-corrected chi connectivity index (χ2v) is 8.01. The molecule has 0 spiro atoms. The third-order valence-electron chi connectivity index (χ3n) is 4.63. The second kappa shape index (κ2) is 7.36. The molecule has 0 radical (unpaired) electrons. The van der Waals surface area contributed by atoms with Crippen molar-refractivity contribution in [2.45, 2.75) is 71.1 Å². The minimum absolute atomic E-state index is 0.0927. The van der Waals surface area contributed by atoms with Crippen LogP contribution in [0.5, 0.6) is 0 Å². The highest BCUT2D eigenvalue weighted by Gasteiger charge is 2.43.